The van der Waals surface area contributed by atoms with Gasteiger partial charge in [0, 0.05) is 26.2 Å². The number of hydrogen-bond acceptors (Lipinski definition) is 7. The maximum absolute atomic E-state index is 12.2. The number of alkyl carbamates (subject to hydrolysis) is 1. The fourth-order valence-electron chi connectivity index (χ4n) is 3.18. The second-order valence-corrected chi connectivity index (χ2v) is 16.1. The third-order valence-electron chi connectivity index (χ3n) is 4.87. The smallest absolute Gasteiger partial charge is 0.408 e. The van der Waals surface area contributed by atoms with Crippen LogP contribution < -0.4 is 15.8 Å². The minimum Gasteiger partial charge on any atom is -0.467 e. The molecule has 0 aliphatic carbocycles. The number of esters is 1. The van der Waals surface area contributed by atoms with Crippen LogP contribution in [0.4, 0.5) is 4.79 Å². The molecule has 0 aliphatic rings. The molecule has 0 bridgehead atoms. The van der Waals surface area contributed by atoms with Crippen LogP contribution in [0.15, 0.2) is 12.1 Å². The predicted molar refractivity (Wildman–Crippen MR) is 138 cm³/mol. The first kappa shape index (κ1) is 30.5. The van der Waals surface area contributed by atoms with E-state index in [9.17, 15) is 9.59 Å². The Kier molecular flexibility index (Phi) is 12.7. The lowest BCUT2D eigenvalue weighted by molar-refractivity contribution is -0.142. The van der Waals surface area contributed by atoms with Crippen molar-refractivity contribution in [2.24, 2.45) is 5.73 Å². The lowest BCUT2D eigenvalue weighted by Crippen LogP contribution is -2.39. The van der Waals surface area contributed by atoms with Gasteiger partial charge in [-0.15, -0.1) is 0 Å². The van der Waals surface area contributed by atoms with Crippen molar-refractivity contribution < 1.29 is 28.5 Å². The normalized spacial score (nSPS) is 12.7. The minimum atomic E-state index is -1.20. The number of hydrogen-bond donors (Lipinski definition) is 2. The molecule has 1 aromatic carbocycles. The van der Waals surface area contributed by atoms with Crippen molar-refractivity contribution in [2.75, 3.05) is 33.1 Å². The number of amides is 1. The Balaban J connectivity index is 2.88. The van der Waals surface area contributed by atoms with Gasteiger partial charge in [0.05, 0.1) is 16.7 Å². The average molecular weight is 538 g/mol. The van der Waals surface area contributed by atoms with E-state index < -0.39 is 25.7 Å². The Hall–Kier alpha value is -1.52. The molecule has 0 fully saturated rings. The number of carbonyl (C=O) groups excluding carboxylic acids is 2. The third kappa shape index (κ3) is 11.3. The number of benzene rings is 1. The van der Waals surface area contributed by atoms with Gasteiger partial charge in [-0.2, -0.15) is 0 Å². The summed E-state index contributed by atoms with van der Waals surface area (Å²) >= 11 is 12.8. The van der Waals surface area contributed by atoms with Crippen LogP contribution in [0.5, 0.6) is 5.75 Å². The molecule has 0 saturated carbocycles. The Morgan fingerprint density at radius 1 is 1.21 bits per heavy atom. The second kappa shape index (κ2) is 14.1. The standard InChI is InChI=1S/C23H38Cl2N2O6Si/c1-7-31-19(28)14-27-22(29)33-23(2,3)12-16(13-26)20-18(9-8-17(24)21(20)25)32-15-30-10-11-34(4,5)6/h8-9,16H,7,10-15,26H2,1-6H3,(H,27,29). The van der Waals surface area contributed by atoms with Gasteiger partial charge in [0.15, 0.2) is 6.79 Å². The average Bonchev–Trinajstić information content (AvgIpc) is 2.72. The van der Waals surface area contributed by atoms with Gasteiger partial charge >= 0.3 is 12.1 Å². The summed E-state index contributed by atoms with van der Waals surface area (Å²) in [7, 11) is -1.20. The van der Waals surface area contributed by atoms with Crippen LogP contribution in [-0.4, -0.2) is 58.8 Å². The molecule has 0 aliphatic heterocycles. The van der Waals surface area contributed by atoms with E-state index in [0.717, 1.165) is 6.04 Å². The molecule has 8 nitrogen and oxygen atoms in total. The number of nitrogens with one attached hydrogen (secondary N) is 1. The zero-order chi connectivity index (χ0) is 25.9. The van der Waals surface area contributed by atoms with Gasteiger partial charge < -0.3 is 30.0 Å². The van der Waals surface area contributed by atoms with Gasteiger partial charge in [-0.05, 0) is 51.9 Å². The van der Waals surface area contributed by atoms with E-state index in [4.69, 9.17) is 47.9 Å². The van der Waals surface area contributed by atoms with E-state index in [-0.39, 0.29) is 32.4 Å². The molecule has 0 radical (unpaired) electrons. The molecule has 1 rings (SSSR count). The predicted octanol–water partition coefficient (Wildman–Crippen LogP) is 5.18. The lowest BCUT2D eigenvalue weighted by Gasteiger charge is -2.30. The van der Waals surface area contributed by atoms with E-state index in [1.165, 1.54) is 0 Å². The Labute approximate surface area is 213 Å². The van der Waals surface area contributed by atoms with Crippen molar-refractivity contribution in [1.29, 1.82) is 0 Å². The highest BCUT2D eigenvalue weighted by Gasteiger charge is 2.31. The lowest BCUT2D eigenvalue weighted by atomic mass is 9.87. The summed E-state index contributed by atoms with van der Waals surface area (Å²) in [5, 5.41) is 3.09. The molecule has 3 N–H and O–H groups in total. The molecule has 1 unspecified atom stereocenters. The topological polar surface area (TPSA) is 109 Å². The number of ether oxygens (including phenoxy) is 4. The maximum Gasteiger partial charge on any atom is 0.408 e. The highest BCUT2D eigenvalue weighted by atomic mass is 35.5. The van der Waals surface area contributed by atoms with Crippen LogP contribution >= 0.6 is 23.2 Å². The molecular formula is C23H38Cl2N2O6Si. The molecule has 194 valence electrons. The van der Waals surface area contributed by atoms with Crippen molar-refractivity contribution in [2.45, 2.75) is 64.4 Å². The number of nitrogens with two attached hydrogens (primary N) is 1. The van der Waals surface area contributed by atoms with E-state index >= 15 is 0 Å². The van der Waals surface area contributed by atoms with Crippen LogP contribution in [0.2, 0.25) is 35.7 Å². The molecule has 11 heteroatoms. The van der Waals surface area contributed by atoms with E-state index in [1.54, 1.807) is 32.9 Å². The summed E-state index contributed by atoms with van der Waals surface area (Å²) in [6, 6.07) is 4.41. The maximum atomic E-state index is 12.2. The van der Waals surface area contributed by atoms with Crippen LogP contribution in [0.3, 0.4) is 0 Å². The number of halogens is 2. The summed E-state index contributed by atoms with van der Waals surface area (Å²) in [4.78, 5) is 23.6. The van der Waals surface area contributed by atoms with Crippen LogP contribution in [0, 0.1) is 0 Å². The molecule has 1 amide bonds. The van der Waals surface area contributed by atoms with Crippen molar-refractivity contribution >= 4 is 43.3 Å². The van der Waals surface area contributed by atoms with Crippen molar-refractivity contribution in [3.05, 3.63) is 27.7 Å². The first-order valence-electron chi connectivity index (χ1n) is 11.3. The molecule has 1 atom stereocenters. The fourth-order valence-corrected chi connectivity index (χ4v) is 4.41. The highest BCUT2D eigenvalue weighted by Crippen LogP contribution is 2.41. The zero-order valence-corrected chi connectivity index (χ0v) is 23.5. The molecule has 0 saturated heterocycles. The monoisotopic (exact) mass is 536 g/mol. The van der Waals surface area contributed by atoms with Gasteiger partial charge in [0.1, 0.15) is 17.9 Å². The third-order valence-corrected chi connectivity index (χ3v) is 7.39. The highest BCUT2D eigenvalue weighted by molar-refractivity contribution is 6.76. The fraction of sp³-hybridized carbons (Fsp3) is 0.652. The molecule has 0 heterocycles. The molecule has 0 aromatic heterocycles. The summed E-state index contributed by atoms with van der Waals surface area (Å²) in [6.45, 7) is 12.9. The summed E-state index contributed by atoms with van der Waals surface area (Å²) in [6.07, 6.45) is -0.401. The summed E-state index contributed by atoms with van der Waals surface area (Å²) < 4.78 is 21.8. The molecular weight excluding hydrogens is 499 g/mol. The molecule has 0 spiro atoms. The van der Waals surface area contributed by atoms with Gasteiger partial charge in [-0.25, -0.2) is 4.79 Å². The Bertz CT molecular complexity index is 817. The summed E-state index contributed by atoms with van der Waals surface area (Å²) in [5.41, 5.74) is 5.79. The Morgan fingerprint density at radius 3 is 2.47 bits per heavy atom. The van der Waals surface area contributed by atoms with Gasteiger partial charge in [0.2, 0.25) is 0 Å². The van der Waals surface area contributed by atoms with E-state index in [0.29, 0.717) is 34.4 Å². The van der Waals surface area contributed by atoms with Gasteiger partial charge in [-0.1, -0.05) is 42.8 Å². The van der Waals surface area contributed by atoms with Crippen molar-refractivity contribution in [3.8, 4) is 5.75 Å². The van der Waals surface area contributed by atoms with Crippen molar-refractivity contribution in [3.63, 3.8) is 0 Å². The largest absolute Gasteiger partial charge is 0.467 e. The quantitative estimate of drug-likeness (QED) is 0.146. The molecule has 1 aromatic rings. The van der Waals surface area contributed by atoms with E-state index in [1.807, 2.05) is 0 Å². The van der Waals surface area contributed by atoms with E-state index in [2.05, 4.69) is 25.0 Å². The number of rotatable bonds is 14. The second-order valence-electron chi connectivity index (χ2n) is 9.70. The first-order chi connectivity index (χ1) is 15.8. The van der Waals surface area contributed by atoms with Gasteiger partial charge in [0.25, 0.3) is 0 Å². The van der Waals surface area contributed by atoms with Crippen LogP contribution in [0.25, 0.3) is 0 Å². The Morgan fingerprint density at radius 2 is 1.88 bits per heavy atom. The van der Waals surface area contributed by atoms with Crippen LogP contribution in [-0.2, 0) is 19.0 Å². The minimum absolute atomic E-state index is 0.0723. The zero-order valence-electron chi connectivity index (χ0n) is 21.0. The van der Waals surface area contributed by atoms with Gasteiger partial charge in [-0.3, -0.25) is 4.79 Å². The SMILES string of the molecule is CCOC(=O)CNC(=O)OC(C)(C)CC(CN)c1c(OCOCC[Si](C)(C)C)ccc(Cl)c1Cl. The first-order valence-corrected chi connectivity index (χ1v) is 15.8. The van der Waals surface area contributed by atoms with Crippen LogP contribution in [0.1, 0.15) is 38.7 Å². The number of carbonyl (C=O) groups is 2. The summed E-state index contributed by atoms with van der Waals surface area (Å²) in [5.74, 6) is -0.354. The van der Waals surface area contributed by atoms with Crippen molar-refractivity contribution in [1.82, 2.24) is 5.32 Å². The molecule has 34 heavy (non-hydrogen) atoms.